The first-order valence-electron chi connectivity index (χ1n) is 12.7. The number of nitrogens with zero attached hydrogens (tertiary/aromatic N) is 2. The van der Waals surface area contributed by atoms with E-state index in [4.69, 9.17) is 79.1 Å². The lowest BCUT2D eigenvalue weighted by molar-refractivity contribution is -0.139. The molecule has 3 amide bonds. The molecule has 4 aliphatic rings. The molecule has 0 aromatic heterocycles. The second kappa shape index (κ2) is 9.91. The second-order valence-electron chi connectivity index (χ2n) is 10.5. The first-order chi connectivity index (χ1) is 19.7. The number of carbonyl (C=O) groups excluding carboxylic acids is 4. The van der Waals surface area contributed by atoms with Crippen molar-refractivity contribution in [3.05, 3.63) is 58.1 Å². The number of aryl methyl sites for hydroxylation is 1. The number of rotatable bonds is 5. The molecule has 2 aliphatic carbocycles. The van der Waals surface area contributed by atoms with Crippen LogP contribution >= 0.6 is 69.6 Å². The Kier molecular flexibility index (Phi) is 7.04. The summed E-state index contributed by atoms with van der Waals surface area (Å²) < 4.78 is 8.91. The maximum absolute atomic E-state index is 13.7. The zero-order chi connectivity index (χ0) is 30.5. The molecule has 2 aliphatic heterocycles. The van der Waals surface area contributed by atoms with Gasteiger partial charge in [-0.3, -0.25) is 19.2 Å². The fourth-order valence-corrected chi connectivity index (χ4v) is 9.25. The number of benzene rings is 2. The average Bonchev–Trinajstić information content (AvgIpc) is 3.54. The van der Waals surface area contributed by atoms with E-state index in [1.54, 1.807) is 31.2 Å². The van der Waals surface area contributed by atoms with Crippen molar-refractivity contribution in [3.63, 3.8) is 0 Å². The number of alkyl halides is 4. The van der Waals surface area contributed by atoms with Crippen molar-refractivity contribution >= 4 is 105 Å². The van der Waals surface area contributed by atoms with E-state index in [-0.39, 0.29) is 40.4 Å². The van der Waals surface area contributed by atoms with E-state index in [9.17, 15) is 19.2 Å². The van der Waals surface area contributed by atoms with Crippen molar-refractivity contribution in [2.75, 3.05) is 23.5 Å². The Labute approximate surface area is 270 Å². The number of carbonyl (C=O) groups is 4. The smallest absolute Gasteiger partial charge is 0.316 e. The molecule has 42 heavy (non-hydrogen) atoms. The molecule has 2 bridgehead atoms. The standard InChI is InChI=1S/C28H20Cl6N2O6/c1-12-9-14(42-25(40)13-10-18(37)35(11-13)16-5-3-4-6-17(16)41-2)7-8-15(12)36-23(38)19-20(24(36)39)27(32)22(30)21(29)26(19,31)28(27,33)34/h3-9,13,19-20H,10-11H2,1-2H3/t13-,19+,20+,26-,27-/m1/s1. The third kappa shape index (κ3) is 3.69. The van der Waals surface area contributed by atoms with Gasteiger partial charge in [0.25, 0.3) is 0 Å². The topological polar surface area (TPSA) is 93.2 Å². The third-order valence-electron chi connectivity index (χ3n) is 8.37. The lowest BCUT2D eigenvalue weighted by Crippen LogP contribution is -2.50. The molecule has 0 radical (unpaired) electrons. The van der Waals surface area contributed by atoms with Crippen LogP contribution in [0.5, 0.6) is 11.5 Å². The van der Waals surface area contributed by atoms with Gasteiger partial charge in [-0.05, 0) is 42.8 Å². The molecule has 6 rings (SSSR count). The van der Waals surface area contributed by atoms with E-state index < -0.39 is 49.6 Å². The Bertz CT molecular complexity index is 1580. The predicted molar refractivity (Wildman–Crippen MR) is 160 cm³/mol. The summed E-state index contributed by atoms with van der Waals surface area (Å²) in [6.07, 6.45) is -0.0321. The van der Waals surface area contributed by atoms with Crippen LogP contribution in [0.3, 0.4) is 0 Å². The van der Waals surface area contributed by atoms with Gasteiger partial charge in [-0.1, -0.05) is 58.5 Å². The van der Waals surface area contributed by atoms with E-state index >= 15 is 0 Å². The molecular weight excluding hydrogens is 673 g/mol. The molecule has 8 nitrogen and oxygen atoms in total. The zero-order valence-corrected chi connectivity index (χ0v) is 26.3. The number of ether oxygens (including phenoxy) is 2. The molecule has 2 saturated heterocycles. The van der Waals surface area contributed by atoms with Gasteiger partial charge in [0.2, 0.25) is 17.7 Å². The fourth-order valence-electron chi connectivity index (χ4n) is 6.33. The van der Waals surface area contributed by atoms with Gasteiger partial charge >= 0.3 is 5.97 Å². The Hall–Kier alpha value is -2.20. The van der Waals surface area contributed by atoms with Crippen LogP contribution in [0.1, 0.15) is 12.0 Å². The largest absolute Gasteiger partial charge is 0.495 e. The lowest BCUT2D eigenvalue weighted by atomic mass is 9.84. The van der Waals surface area contributed by atoms with Gasteiger partial charge in [0.15, 0.2) is 4.33 Å². The van der Waals surface area contributed by atoms with Crippen LogP contribution in [0.2, 0.25) is 0 Å². The van der Waals surface area contributed by atoms with Crippen LogP contribution in [-0.4, -0.2) is 51.4 Å². The van der Waals surface area contributed by atoms with Crippen molar-refractivity contribution in [2.45, 2.75) is 27.4 Å². The lowest BCUT2D eigenvalue weighted by Gasteiger charge is -2.34. The maximum Gasteiger partial charge on any atom is 0.316 e. The summed E-state index contributed by atoms with van der Waals surface area (Å²) in [4.78, 5) is 51.7. The van der Waals surface area contributed by atoms with Crippen LogP contribution in [0, 0.1) is 24.7 Å². The van der Waals surface area contributed by atoms with Gasteiger partial charge in [-0.15, -0.1) is 23.2 Å². The normalized spacial score (nSPS) is 31.3. The van der Waals surface area contributed by atoms with Crippen molar-refractivity contribution in [1.29, 1.82) is 0 Å². The minimum Gasteiger partial charge on any atom is -0.495 e. The van der Waals surface area contributed by atoms with Gasteiger partial charge in [-0.2, -0.15) is 0 Å². The monoisotopic (exact) mass is 690 g/mol. The fraction of sp³-hybridized carbons (Fsp3) is 0.357. The van der Waals surface area contributed by atoms with Gasteiger partial charge in [0, 0.05) is 13.0 Å². The number of allylic oxidation sites excluding steroid dienone is 2. The van der Waals surface area contributed by atoms with E-state index in [0.717, 1.165) is 4.90 Å². The van der Waals surface area contributed by atoms with Crippen LogP contribution in [-0.2, 0) is 19.2 Å². The van der Waals surface area contributed by atoms with Crippen molar-refractivity contribution in [3.8, 4) is 11.5 Å². The summed E-state index contributed by atoms with van der Waals surface area (Å²) >= 11 is 39.4. The number of fused-ring (bicyclic) bond motifs is 5. The number of esters is 1. The van der Waals surface area contributed by atoms with E-state index in [1.807, 2.05) is 0 Å². The van der Waals surface area contributed by atoms with E-state index in [0.29, 0.717) is 17.0 Å². The third-order valence-corrected chi connectivity index (χ3v) is 12.6. The molecule has 0 spiro atoms. The number of amides is 3. The van der Waals surface area contributed by atoms with Gasteiger partial charge < -0.3 is 14.4 Å². The zero-order valence-electron chi connectivity index (χ0n) is 21.8. The molecule has 2 aromatic rings. The number of methoxy groups -OCH3 is 1. The highest BCUT2D eigenvalue weighted by molar-refractivity contribution is 6.67. The minimum absolute atomic E-state index is 0.0321. The Morgan fingerprint density at radius 2 is 1.50 bits per heavy atom. The maximum atomic E-state index is 13.7. The molecule has 5 atom stereocenters. The Morgan fingerprint density at radius 1 is 0.905 bits per heavy atom. The van der Waals surface area contributed by atoms with Crippen LogP contribution in [0.25, 0.3) is 0 Å². The summed E-state index contributed by atoms with van der Waals surface area (Å²) in [5.41, 5.74) is 1.22. The molecule has 2 heterocycles. The minimum atomic E-state index is -2.03. The van der Waals surface area contributed by atoms with Crippen LogP contribution < -0.4 is 19.3 Å². The van der Waals surface area contributed by atoms with Crippen LogP contribution in [0.4, 0.5) is 11.4 Å². The summed E-state index contributed by atoms with van der Waals surface area (Å²) in [5.74, 6) is -4.79. The quantitative estimate of drug-likeness (QED) is 0.167. The highest BCUT2D eigenvalue weighted by atomic mass is 35.5. The molecule has 2 aromatic carbocycles. The highest BCUT2D eigenvalue weighted by Gasteiger charge is 2.87. The van der Waals surface area contributed by atoms with Crippen molar-refractivity contribution in [1.82, 2.24) is 0 Å². The number of hydrogen-bond acceptors (Lipinski definition) is 6. The van der Waals surface area contributed by atoms with Gasteiger partial charge in [-0.25, -0.2) is 4.90 Å². The second-order valence-corrected chi connectivity index (χ2v) is 13.8. The Balaban J connectivity index is 1.22. The number of anilines is 2. The summed E-state index contributed by atoms with van der Waals surface area (Å²) in [6, 6.07) is 11.4. The molecule has 0 N–H and O–H groups in total. The number of halogens is 6. The number of para-hydroxylation sites is 2. The SMILES string of the molecule is COc1ccccc1N1C[C@H](C(=O)Oc2ccc(N3C(=O)[C@@H]4[C@@H](C3=O)[C@@]3(Cl)C(Cl)=C(Cl)[C@@]4(Cl)C3(Cl)Cl)c(C)c2)CC1=O. The first-order valence-corrected chi connectivity index (χ1v) is 14.9. The molecule has 1 saturated carbocycles. The molecular formula is C28H20Cl6N2O6. The van der Waals surface area contributed by atoms with Crippen molar-refractivity contribution in [2.24, 2.45) is 17.8 Å². The first kappa shape index (κ1) is 29.9. The average molecular weight is 693 g/mol. The number of hydrogen-bond donors (Lipinski definition) is 0. The highest BCUT2D eigenvalue weighted by Crippen LogP contribution is 2.77. The summed E-state index contributed by atoms with van der Waals surface area (Å²) in [7, 11) is 1.50. The molecule has 0 unspecified atom stereocenters. The summed E-state index contributed by atoms with van der Waals surface area (Å²) in [6.45, 7) is 1.76. The Morgan fingerprint density at radius 3 is 2.07 bits per heavy atom. The number of imide groups is 1. The van der Waals surface area contributed by atoms with Gasteiger partial charge in [0.05, 0.1) is 46.3 Å². The van der Waals surface area contributed by atoms with Crippen LogP contribution in [0.15, 0.2) is 52.5 Å². The molecule has 14 heteroatoms. The van der Waals surface area contributed by atoms with Gasteiger partial charge in [0.1, 0.15) is 21.2 Å². The van der Waals surface area contributed by atoms with Crippen molar-refractivity contribution < 1.29 is 28.7 Å². The molecule has 3 fully saturated rings. The molecule has 220 valence electrons. The predicted octanol–water partition coefficient (Wildman–Crippen LogP) is 5.91. The van der Waals surface area contributed by atoms with E-state index in [1.165, 1.54) is 30.2 Å². The summed E-state index contributed by atoms with van der Waals surface area (Å²) in [5, 5.41) is -0.354. The van der Waals surface area contributed by atoms with E-state index in [2.05, 4.69) is 0 Å².